The molecule has 3 N–H and O–H groups in total. The van der Waals surface area contributed by atoms with Gasteiger partial charge in [-0.25, -0.2) is 4.98 Å². The minimum atomic E-state index is -4.48. The maximum Gasteiger partial charge on any atom is 0.433 e. The van der Waals surface area contributed by atoms with Crippen LogP contribution in [0.2, 0.25) is 0 Å². The van der Waals surface area contributed by atoms with E-state index in [1.54, 1.807) is 17.9 Å². The fraction of sp³-hybridized carbons (Fsp3) is 0.333. The van der Waals surface area contributed by atoms with Crippen LogP contribution in [-0.4, -0.2) is 21.3 Å². The number of hydrogen-bond donors (Lipinski definition) is 2. The Labute approximate surface area is 113 Å². The van der Waals surface area contributed by atoms with E-state index < -0.39 is 11.9 Å². The smallest absolute Gasteiger partial charge is 0.396 e. The molecule has 2 aromatic rings. The minimum Gasteiger partial charge on any atom is -0.396 e. The van der Waals surface area contributed by atoms with Crippen molar-refractivity contribution in [3.05, 3.63) is 35.9 Å². The first-order valence-electron chi connectivity index (χ1n) is 5.90. The first-order valence-corrected chi connectivity index (χ1v) is 5.90. The molecule has 0 aliphatic rings. The Balaban J connectivity index is 2.02. The van der Waals surface area contributed by atoms with E-state index in [0.29, 0.717) is 13.0 Å². The van der Waals surface area contributed by atoms with Crippen molar-refractivity contribution in [3.63, 3.8) is 0 Å². The Kier molecular flexibility index (Phi) is 3.82. The van der Waals surface area contributed by atoms with Gasteiger partial charge in [-0.3, -0.25) is 4.68 Å². The van der Waals surface area contributed by atoms with Crippen molar-refractivity contribution in [2.24, 2.45) is 7.05 Å². The lowest BCUT2D eigenvalue weighted by Gasteiger charge is -2.11. The maximum atomic E-state index is 12.5. The van der Waals surface area contributed by atoms with Crippen molar-refractivity contribution in [1.29, 1.82) is 0 Å². The summed E-state index contributed by atoms with van der Waals surface area (Å²) in [5.41, 5.74) is 6.05. The van der Waals surface area contributed by atoms with Crippen LogP contribution >= 0.6 is 0 Å². The van der Waals surface area contributed by atoms with E-state index in [1.165, 1.54) is 0 Å². The van der Waals surface area contributed by atoms with Gasteiger partial charge >= 0.3 is 6.18 Å². The molecule has 0 fully saturated rings. The van der Waals surface area contributed by atoms with E-state index >= 15 is 0 Å². The van der Waals surface area contributed by atoms with Crippen LogP contribution in [-0.2, 0) is 19.6 Å². The molecule has 2 heterocycles. The molecule has 20 heavy (non-hydrogen) atoms. The van der Waals surface area contributed by atoms with Gasteiger partial charge in [0.1, 0.15) is 5.69 Å². The number of anilines is 2. The van der Waals surface area contributed by atoms with E-state index in [4.69, 9.17) is 5.73 Å². The lowest BCUT2D eigenvalue weighted by Crippen LogP contribution is -2.12. The first kappa shape index (κ1) is 14.2. The van der Waals surface area contributed by atoms with E-state index in [2.05, 4.69) is 15.4 Å². The number of aromatic nitrogens is 3. The molecule has 2 rings (SSSR count). The highest BCUT2D eigenvalue weighted by atomic mass is 19.4. The van der Waals surface area contributed by atoms with Crippen LogP contribution in [0.15, 0.2) is 24.7 Å². The minimum absolute atomic E-state index is 0.184. The van der Waals surface area contributed by atoms with Crippen molar-refractivity contribution in [3.8, 4) is 0 Å². The quantitative estimate of drug-likeness (QED) is 0.902. The van der Waals surface area contributed by atoms with Crippen LogP contribution in [0.5, 0.6) is 0 Å². The molecule has 8 heteroatoms. The van der Waals surface area contributed by atoms with Crippen molar-refractivity contribution in [1.82, 2.24) is 14.8 Å². The van der Waals surface area contributed by atoms with Crippen molar-refractivity contribution < 1.29 is 13.2 Å². The number of nitrogen functional groups attached to an aromatic ring is 1. The summed E-state index contributed by atoms with van der Waals surface area (Å²) in [5.74, 6) is 0. The molecule has 0 aliphatic heterocycles. The molecular weight excluding hydrogens is 271 g/mol. The monoisotopic (exact) mass is 285 g/mol. The number of nitrogens with one attached hydrogen (secondary N) is 1. The van der Waals surface area contributed by atoms with E-state index in [-0.39, 0.29) is 11.4 Å². The third-order valence-electron chi connectivity index (χ3n) is 2.71. The highest BCUT2D eigenvalue weighted by Crippen LogP contribution is 2.30. The Morgan fingerprint density at radius 1 is 1.35 bits per heavy atom. The van der Waals surface area contributed by atoms with Gasteiger partial charge in [-0.15, -0.1) is 0 Å². The zero-order valence-corrected chi connectivity index (χ0v) is 10.8. The molecule has 0 saturated heterocycles. The number of nitrogens with zero attached hydrogens (tertiary/aromatic N) is 3. The third-order valence-corrected chi connectivity index (χ3v) is 2.71. The average molecular weight is 285 g/mol. The summed E-state index contributed by atoms with van der Waals surface area (Å²) in [4.78, 5) is 3.28. The standard InChI is InChI=1S/C12H14F3N5/c1-20-7-8(5-19-20)2-3-17-10-4-11(12(13,14)15)18-6-9(10)16/h4-7H,2-3,16H2,1H3,(H,17,18). The van der Waals surface area contributed by atoms with Gasteiger partial charge in [0, 0.05) is 19.8 Å². The van der Waals surface area contributed by atoms with Gasteiger partial charge in [0.25, 0.3) is 0 Å². The largest absolute Gasteiger partial charge is 0.433 e. The van der Waals surface area contributed by atoms with Gasteiger partial charge in [0.05, 0.1) is 23.8 Å². The number of aryl methyl sites for hydroxylation is 1. The Hall–Kier alpha value is -2.25. The molecule has 0 atom stereocenters. The third kappa shape index (κ3) is 3.40. The zero-order valence-electron chi connectivity index (χ0n) is 10.8. The molecule has 0 saturated carbocycles. The molecule has 0 spiro atoms. The van der Waals surface area contributed by atoms with E-state index in [0.717, 1.165) is 17.8 Å². The summed E-state index contributed by atoms with van der Waals surface area (Å²) >= 11 is 0. The zero-order chi connectivity index (χ0) is 14.8. The van der Waals surface area contributed by atoms with Crippen LogP contribution in [0, 0.1) is 0 Å². The second kappa shape index (κ2) is 5.40. The topological polar surface area (TPSA) is 68.8 Å². The van der Waals surface area contributed by atoms with Gasteiger partial charge in [-0.1, -0.05) is 0 Å². The Bertz CT molecular complexity index is 591. The number of hydrogen-bond acceptors (Lipinski definition) is 4. The molecule has 0 amide bonds. The summed E-state index contributed by atoms with van der Waals surface area (Å²) in [6, 6.07) is 0.915. The lowest BCUT2D eigenvalue weighted by molar-refractivity contribution is -0.141. The predicted octanol–water partition coefficient (Wildman–Crippen LogP) is 2.07. The summed E-state index contributed by atoms with van der Waals surface area (Å²) in [7, 11) is 1.80. The molecule has 0 unspecified atom stereocenters. The van der Waals surface area contributed by atoms with Crippen molar-refractivity contribution >= 4 is 11.4 Å². The second-order valence-electron chi connectivity index (χ2n) is 4.35. The van der Waals surface area contributed by atoms with Gasteiger partial charge in [-0.05, 0) is 18.1 Å². The van der Waals surface area contributed by atoms with Crippen LogP contribution in [0.25, 0.3) is 0 Å². The van der Waals surface area contributed by atoms with Crippen molar-refractivity contribution in [2.75, 3.05) is 17.6 Å². The van der Waals surface area contributed by atoms with Crippen LogP contribution < -0.4 is 11.1 Å². The molecule has 0 aromatic carbocycles. The van der Waals surface area contributed by atoms with Crippen LogP contribution in [0.4, 0.5) is 24.5 Å². The highest BCUT2D eigenvalue weighted by Gasteiger charge is 2.32. The van der Waals surface area contributed by atoms with Gasteiger partial charge < -0.3 is 11.1 Å². The molecular formula is C12H14F3N5. The SMILES string of the molecule is Cn1cc(CCNc2cc(C(F)(F)F)ncc2N)cn1. The van der Waals surface area contributed by atoms with E-state index in [9.17, 15) is 13.2 Å². The fourth-order valence-corrected chi connectivity index (χ4v) is 1.72. The number of alkyl halides is 3. The molecule has 0 radical (unpaired) electrons. The number of rotatable bonds is 4. The molecule has 5 nitrogen and oxygen atoms in total. The summed E-state index contributed by atoms with van der Waals surface area (Å²) in [6.07, 6.45) is 0.719. The van der Waals surface area contributed by atoms with E-state index in [1.807, 2.05) is 6.20 Å². The second-order valence-corrected chi connectivity index (χ2v) is 4.35. The van der Waals surface area contributed by atoms with Crippen LogP contribution in [0.3, 0.4) is 0 Å². The Morgan fingerprint density at radius 2 is 2.10 bits per heavy atom. The molecule has 108 valence electrons. The first-order chi connectivity index (χ1) is 9.36. The van der Waals surface area contributed by atoms with Crippen molar-refractivity contribution in [2.45, 2.75) is 12.6 Å². The highest BCUT2D eigenvalue weighted by molar-refractivity contribution is 5.65. The average Bonchev–Trinajstić information content (AvgIpc) is 2.76. The maximum absolute atomic E-state index is 12.5. The molecule has 0 bridgehead atoms. The molecule has 2 aromatic heterocycles. The molecule has 0 aliphatic carbocycles. The van der Waals surface area contributed by atoms with Crippen LogP contribution in [0.1, 0.15) is 11.3 Å². The summed E-state index contributed by atoms with van der Waals surface area (Å²) in [6.45, 7) is 0.456. The van der Waals surface area contributed by atoms with Gasteiger partial charge in [0.2, 0.25) is 0 Å². The van der Waals surface area contributed by atoms with Gasteiger partial charge in [0.15, 0.2) is 0 Å². The number of pyridine rings is 1. The number of halogens is 3. The number of nitrogens with two attached hydrogens (primary N) is 1. The summed E-state index contributed by atoms with van der Waals surface area (Å²) < 4.78 is 39.3. The van der Waals surface area contributed by atoms with Gasteiger partial charge in [-0.2, -0.15) is 18.3 Å². The Morgan fingerprint density at radius 3 is 2.70 bits per heavy atom. The normalized spacial score (nSPS) is 11.6. The fourth-order valence-electron chi connectivity index (χ4n) is 1.72. The summed E-state index contributed by atoms with van der Waals surface area (Å²) in [5, 5.41) is 6.89. The lowest BCUT2D eigenvalue weighted by atomic mass is 10.2. The predicted molar refractivity (Wildman–Crippen MR) is 69.1 cm³/mol.